The quantitative estimate of drug-likeness (QED) is 0.804. The van der Waals surface area contributed by atoms with Crippen molar-refractivity contribution in [1.82, 2.24) is 4.98 Å². The van der Waals surface area contributed by atoms with E-state index in [0.29, 0.717) is 10.8 Å². The molecule has 1 aromatic carbocycles. The van der Waals surface area contributed by atoms with E-state index in [9.17, 15) is 9.59 Å². The number of thiazole rings is 1. The maximum absolute atomic E-state index is 11.7. The first-order valence-corrected chi connectivity index (χ1v) is 6.25. The van der Waals surface area contributed by atoms with Crippen molar-refractivity contribution < 1.29 is 14.7 Å². The molecule has 6 nitrogen and oxygen atoms in total. The van der Waals surface area contributed by atoms with Gasteiger partial charge in [0.1, 0.15) is 0 Å². The molecule has 2 amide bonds. The monoisotopic (exact) mass is 277 g/mol. The van der Waals surface area contributed by atoms with E-state index in [1.807, 2.05) is 0 Å². The number of carboxylic acid groups (broad SMARTS) is 1. The molecule has 7 heteroatoms. The van der Waals surface area contributed by atoms with Crippen molar-refractivity contribution in [3.05, 3.63) is 40.9 Å². The summed E-state index contributed by atoms with van der Waals surface area (Å²) in [4.78, 5) is 26.5. The Balaban J connectivity index is 2.11. The number of carboxylic acids is 1. The minimum Gasteiger partial charge on any atom is -0.478 e. The summed E-state index contributed by atoms with van der Waals surface area (Å²) in [6.07, 6.45) is 1.58. The molecule has 98 valence electrons. The van der Waals surface area contributed by atoms with Crippen LogP contribution in [0.25, 0.3) is 0 Å². The predicted molar refractivity (Wildman–Crippen MR) is 72.9 cm³/mol. The number of rotatable bonds is 3. The van der Waals surface area contributed by atoms with Gasteiger partial charge in [-0.25, -0.2) is 14.6 Å². The number of benzene rings is 1. The smallest absolute Gasteiger partial charge is 0.335 e. The maximum Gasteiger partial charge on any atom is 0.335 e. The van der Waals surface area contributed by atoms with Crippen LogP contribution in [0.2, 0.25) is 0 Å². The number of nitrogens with one attached hydrogen (secondary N) is 2. The lowest BCUT2D eigenvalue weighted by molar-refractivity contribution is 0.0697. The van der Waals surface area contributed by atoms with Crippen LogP contribution in [-0.4, -0.2) is 22.1 Å². The second kappa shape index (κ2) is 5.49. The molecule has 2 aromatic rings. The summed E-state index contributed by atoms with van der Waals surface area (Å²) in [5.41, 5.74) is 1.35. The van der Waals surface area contributed by atoms with Gasteiger partial charge in [0, 0.05) is 17.3 Å². The number of carbonyl (C=O) groups is 2. The number of carbonyl (C=O) groups excluding carboxylic acids is 1. The first kappa shape index (κ1) is 13.0. The van der Waals surface area contributed by atoms with Crippen molar-refractivity contribution >= 4 is 34.2 Å². The van der Waals surface area contributed by atoms with Crippen LogP contribution in [0, 0.1) is 6.92 Å². The van der Waals surface area contributed by atoms with Crippen LogP contribution in [0.5, 0.6) is 0 Å². The summed E-state index contributed by atoms with van der Waals surface area (Å²) in [6, 6.07) is 4.09. The SMILES string of the molecule is Cc1ccc(C(=O)O)cc1NC(=O)Nc1nccs1. The van der Waals surface area contributed by atoms with E-state index >= 15 is 0 Å². The Kier molecular flexibility index (Phi) is 3.76. The first-order chi connectivity index (χ1) is 9.06. The molecule has 3 N–H and O–H groups in total. The van der Waals surface area contributed by atoms with Crippen molar-refractivity contribution in [3.63, 3.8) is 0 Å². The van der Waals surface area contributed by atoms with E-state index in [1.54, 1.807) is 24.6 Å². The highest BCUT2D eigenvalue weighted by molar-refractivity contribution is 7.13. The van der Waals surface area contributed by atoms with Crippen molar-refractivity contribution in [2.24, 2.45) is 0 Å². The van der Waals surface area contributed by atoms with Gasteiger partial charge >= 0.3 is 12.0 Å². The molecule has 0 bridgehead atoms. The molecule has 0 aliphatic carbocycles. The standard InChI is InChI=1S/C12H11N3O3S/c1-7-2-3-8(10(16)17)6-9(7)14-11(18)15-12-13-4-5-19-12/h2-6H,1H3,(H,16,17)(H2,13,14,15,18). The Bertz CT molecular complexity index is 611. The highest BCUT2D eigenvalue weighted by Crippen LogP contribution is 2.18. The molecule has 0 fully saturated rings. The van der Waals surface area contributed by atoms with Gasteiger partial charge in [0.25, 0.3) is 0 Å². The lowest BCUT2D eigenvalue weighted by Crippen LogP contribution is -2.20. The van der Waals surface area contributed by atoms with Gasteiger partial charge in [-0.15, -0.1) is 11.3 Å². The molecular weight excluding hydrogens is 266 g/mol. The lowest BCUT2D eigenvalue weighted by Gasteiger charge is -2.09. The maximum atomic E-state index is 11.7. The first-order valence-electron chi connectivity index (χ1n) is 5.37. The normalized spacial score (nSPS) is 9.95. The number of aromatic carboxylic acids is 1. The Morgan fingerprint density at radius 3 is 2.74 bits per heavy atom. The van der Waals surface area contributed by atoms with E-state index in [-0.39, 0.29) is 5.56 Å². The van der Waals surface area contributed by atoms with Crippen LogP contribution in [0.1, 0.15) is 15.9 Å². The Labute approximate surface area is 113 Å². The second-order valence-electron chi connectivity index (χ2n) is 3.75. The summed E-state index contributed by atoms with van der Waals surface area (Å²) < 4.78 is 0. The van der Waals surface area contributed by atoms with Gasteiger partial charge in [0.15, 0.2) is 5.13 Å². The van der Waals surface area contributed by atoms with Crippen molar-refractivity contribution in [2.75, 3.05) is 10.6 Å². The zero-order valence-corrected chi connectivity index (χ0v) is 10.8. The minimum absolute atomic E-state index is 0.121. The molecule has 0 radical (unpaired) electrons. The summed E-state index contributed by atoms with van der Waals surface area (Å²) in [7, 11) is 0. The zero-order chi connectivity index (χ0) is 13.8. The van der Waals surface area contributed by atoms with Crippen LogP contribution in [0.15, 0.2) is 29.8 Å². The number of amides is 2. The predicted octanol–water partition coefficient (Wildman–Crippen LogP) is 2.79. The van der Waals surface area contributed by atoms with Gasteiger partial charge < -0.3 is 10.4 Å². The molecule has 0 atom stereocenters. The molecule has 2 rings (SSSR count). The molecule has 0 saturated carbocycles. The Hall–Kier alpha value is -2.41. The third kappa shape index (κ3) is 3.29. The largest absolute Gasteiger partial charge is 0.478 e. The van der Waals surface area contributed by atoms with Crippen LogP contribution in [-0.2, 0) is 0 Å². The average molecular weight is 277 g/mol. The summed E-state index contributed by atoms with van der Waals surface area (Å²) in [5.74, 6) is -1.04. The summed E-state index contributed by atoms with van der Waals surface area (Å²) in [6.45, 7) is 1.78. The molecule has 0 spiro atoms. The second-order valence-corrected chi connectivity index (χ2v) is 4.65. The summed E-state index contributed by atoms with van der Waals surface area (Å²) >= 11 is 1.30. The van der Waals surface area contributed by atoms with E-state index in [2.05, 4.69) is 15.6 Å². The van der Waals surface area contributed by atoms with E-state index in [0.717, 1.165) is 5.56 Å². The number of anilines is 2. The third-order valence-corrected chi connectivity index (χ3v) is 3.07. The van der Waals surface area contributed by atoms with Crippen LogP contribution >= 0.6 is 11.3 Å². The molecule has 0 aliphatic rings. The topological polar surface area (TPSA) is 91.3 Å². The minimum atomic E-state index is -1.04. The van der Waals surface area contributed by atoms with Crippen LogP contribution in [0.4, 0.5) is 15.6 Å². The number of nitrogens with zero attached hydrogens (tertiary/aromatic N) is 1. The highest BCUT2D eigenvalue weighted by Gasteiger charge is 2.09. The number of hydrogen-bond acceptors (Lipinski definition) is 4. The Morgan fingerprint density at radius 1 is 1.32 bits per heavy atom. The van der Waals surface area contributed by atoms with Gasteiger partial charge in [0.2, 0.25) is 0 Å². The van der Waals surface area contributed by atoms with Crippen LogP contribution in [0.3, 0.4) is 0 Å². The highest BCUT2D eigenvalue weighted by atomic mass is 32.1. The van der Waals surface area contributed by atoms with E-state index < -0.39 is 12.0 Å². The molecule has 1 heterocycles. The van der Waals surface area contributed by atoms with Gasteiger partial charge in [0.05, 0.1) is 5.56 Å². The molecule has 1 aromatic heterocycles. The van der Waals surface area contributed by atoms with E-state index in [1.165, 1.54) is 23.5 Å². The fourth-order valence-corrected chi connectivity index (χ4v) is 1.95. The molecular formula is C12H11N3O3S. The van der Waals surface area contributed by atoms with Crippen molar-refractivity contribution in [3.8, 4) is 0 Å². The van der Waals surface area contributed by atoms with Crippen LogP contribution < -0.4 is 10.6 Å². The number of aromatic nitrogens is 1. The fraction of sp³-hybridized carbons (Fsp3) is 0.0833. The lowest BCUT2D eigenvalue weighted by atomic mass is 10.1. The van der Waals surface area contributed by atoms with Gasteiger partial charge in [-0.3, -0.25) is 5.32 Å². The van der Waals surface area contributed by atoms with E-state index in [4.69, 9.17) is 5.11 Å². The van der Waals surface area contributed by atoms with Gasteiger partial charge in [-0.2, -0.15) is 0 Å². The molecule has 0 saturated heterocycles. The number of hydrogen-bond donors (Lipinski definition) is 3. The van der Waals surface area contributed by atoms with Crippen molar-refractivity contribution in [1.29, 1.82) is 0 Å². The van der Waals surface area contributed by atoms with Gasteiger partial charge in [-0.05, 0) is 24.6 Å². The third-order valence-electron chi connectivity index (χ3n) is 2.39. The fourth-order valence-electron chi connectivity index (χ4n) is 1.43. The van der Waals surface area contributed by atoms with Crippen molar-refractivity contribution in [2.45, 2.75) is 6.92 Å². The zero-order valence-electron chi connectivity index (χ0n) is 10.0. The molecule has 19 heavy (non-hydrogen) atoms. The Morgan fingerprint density at radius 2 is 2.11 bits per heavy atom. The average Bonchev–Trinajstić information content (AvgIpc) is 2.84. The summed E-state index contributed by atoms with van der Waals surface area (Å²) in [5, 5.41) is 16.3. The molecule has 0 unspecified atom stereocenters. The number of urea groups is 1. The number of aryl methyl sites for hydroxylation is 1. The van der Waals surface area contributed by atoms with Gasteiger partial charge in [-0.1, -0.05) is 6.07 Å². The molecule has 0 aliphatic heterocycles.